The van der Waals surface area contributed by atoms with Crippen molar-refractivity contribution in [3.8, 4) is 11.5 Å². The standard InChI is InChI=1S/C22H26F3NO5S/c1-2-3-4-5-6-9-14-32(29,30)26-18-15-16(22(23,24)25)12-13-20(18)31-19-11-8-7-10-17(19)21(27)28/h7-8,10-13,15,26H,2-6,9,14H2,1H3,(H,27,28)/p-1. The van der Waals surface area contributed by atoms with E-state index in [4.69, 9.17) is 4.74 Å². The van der Waals surface area contributed by atoms with E-state index in [1.54, 1.807) is 0 Å². The van der Waals surface area contributed by atoms with Crippen LogP contribution in [0.2, 0.25) is 0 Å². The molecule has 0 saturated carbocycles. The van der Waals surface area contributed by atoms with Gasteiger partial charge in [0.1, 0.15) is 5.75 Å². The first-order chi connectivity index (χ1) is 15.0. The molecule has 0 saturated heterocycles. The fraction of sp³-hybridized carbons (Fsp3) is 0.409. The van der Waals surface area contributed by atoms with Crippen molar-refractivity contribution in [3.63, 3.8) is 0 Å². The van der Waals surface area contributed by atoms with Gasteiger partial charge < -0.3 is 14.6 Å². The third-order valence-electron chi connectivity index (χ3n) is 4.67. The molecule has 0 aliphatic carbocycles. The van der Waals surface area contributed by atoms with Crippen molar-refractivity contribution in [1.29, 1.82) is 0 Å². The molecule has 0 radical (unpaired) electrons. The Morgan fingerprint density at radius 1 is 1.00 bits per heavy atom. The zero-order valence-corrected chi connectivity index (χ0v) is 18.4. The van der Waals surface area contributed by atoms with Crippen molar-refractivity contribution in [2.75, 3.05) is 10.5 Å². The number of anilines is 1. The Morgan fingerprint density at radius 3 is 2.31 bits per heavy atom. The van der Waals surface area contributed by atoms with Crippen LogP contribution in [0.15, 0.2) is 42.5 Å². The smallest absolute Gasteiger partial charge is 0.416 e. The number of hydrogen-bond donors (Lipinski definition) is 1. The highest BCUT2D eigenvalue weighted by atomic mass is 32.2. The number of carbonyl (C=O) groups excluding carboxylic acids is 1. The summed E-state index contributed by atoms with van der Waals surface area (Å²) in [6, 6.07) is 7.67. The Kier molecular flexibility index (Phi) is 8.94. The number of unbranched alkanes of at least 4 members (excludes halogenated alkanes) is 5. The lowest BCUT2D eigenvalue weighted by Gasteiger charge is -2.17. The molecule has 1 N–H and O–H groups in total. The maximum absolute atomic E-state index is 13.2. The quantitative estimate of drug-likeness (QED) is 0.441. The lowest BCUT2D eigenvalue weighted by molar-refractivity contribution is -0.255. The molecule has 0 fully saturated rings. The van der Waals surface area contributed by atoms with Gasteiger partial charge in [0.05, 0.1) is 23.0 Å². The van der Waals surface area contributed by atoms with Gasteiger partial charge in [-0.25, -0.2) is 8.42 Å². The van der Waals surface area contributed by atoms with Crippen molar-refractivity contribution < 1.29 is 36.2 Å². The summed E-state index contributed by atoms with van der Waals surface area (Å²) in [6.45, 7) is 2.06. The summed E-state index contributed by atoms with van der Waals surface area (Å²) in [5, 5.41) is 11.3. The summed E-state index contributed by atoms with van der Waals surface area (Å²) in [5.41, 5.74) is -1.83. The molecule has 0 aromatic heterocycles. The van der Waals surface area contributed by atoms with Gasteiger partial charge in [-0.1, -0.05) is 51.2 Å². The third-order valence-corrected chi connectivity index (χ3v) is 6.02. The van der Waals surface area contributed by atoms with Gasteiger partial charge in [0.25, 0.3) is 0 Å². The van der Waals surface area contributed by atoms with Crippen LogP contribution in [-0.4, -0.2) is 20.1 Å². The van der Waals surface area contributed by atoms with E-state index in [-0.39, 0.29) is 22.8 Å². The van der Waals surface area contributed by atoms with Crippen LogP contribution in [0.5, 0.6) is 11.5 Å². The first-order valence-electron chi connectivity index (χ1n) is 10.2. The summed E-state index contributed by atoms with van der Waals surface area (Å²) < 4.78 is 72.1. The number of benzene rings is 2. The minimum Gasteiger partial charge on any atom is -0.545 e. The van der Waals surface area contributed by atoms with Crippen LogP contribution < -0.4 is 14.6 Å². The Labute approximate surface area is 185 Å². The zero-order valence-electron chi connectivity index (χ0n) is 17.6. The minimum atomic E-state index is -4.71. The van der Waals surface area contributed by atoms with Gasteiger partial charge >= 0.3 is 6.18 Å². The number of carbonyl (C=O) groups is 1. The summed E-state index contributed by atoms with van der Waals surface area (Å²) in [7, 11) is -3.96. The maximum atomic E-state index is 13.2. The monoisotopic (exact) mass is 472 g/mol. The lowest BCUT2D eigenvalue weighted by Crippen LogP contribution is -2.22. The number of alkyl halides is 3. The van der Waals surface area contributed by atoms with Crippen LogP contribution in [0.25, 0.3) is 0 Å². The summed E-state index contributed by atoms with van der Waals surface area (Å²) >= 11 is 0. The molecule has 0 spiro atoms. The fourth-order valence-electron chi connectivity index (χ4n) is 3.01. The maximum Gasteiger partial charge on any atom is 0.416 e. The molecule has 0 bridgehead atoms. The predicted molar refractivity (Wildman–Crippen MR) is 113 cm³/mol. The van der Waals surface area contributed by atoms with Crippen LogP contribution >= 0.6 is 0 Å². The molecule has 2 rings (SSSR count). The Hall–Kier alpha value is -2.75. The molecule has 0 aliphatic rings. The SMILES string of the molecule is CCCCCCCCS(=O)(=O)Nc1cc(C(F)(F)F)ccc1Oc1ccccc1C(=O)[O-]. The van der Waals surface area contributed by atoms with Crippen molar-refractivity contribution in [3.05, 3.63) is 53.6 Å². The van der Waals surface area contributed by atoms with Gasteiger partial charge in [0.15, 0.2) is 5.75 Å². The molecule has 32 heavy (non-hydrogen) atoms. The van der Waals surface area contributed by atoms with Crippen LogP contribution in [0.4, 0.5) is 18.9 Å². The average Bonchev–Trinajstić information content (AvgIpc) is 2.71. The molecular weight excluding hydrogens is 447 g/mol. The fourth-order valence-corrected chi connectivity index (χ4v) is 4.19. The van der Waals surface area contributed by atoms with Crippen LogP contribution in [0.3, 0.4) is 0 Å². The Morgan fingerprint density at radius 2 is 1.66 bits per heavy atom. The Balaban J connectivity index is 2.26. The van der Waals surface area contributed by atoms with E-state index in [0.717, 1.165) is 37.8 Å². The van der Waals surface area contributed by atoms with Gasteiger partial charge in [-0.2, -0.15) is 13.2 Å². The molecule has 10 heteroatoms. The van der Waals surface area contributed by atoms with E-state index in [1.807, 2.05) is 0 Å². The number of sulfonamides is 1. The number of ether oxygens (including phenoxy) is 1. The van der Waals surface area contributed by atoms with Crippen molar-refractivity contribution in [2.24, 2.45) is 0 Å². The number of aromatic carboxylic acids is 1. The van der Waals surface area contributed by atoms with Gasteiger partial charge in [-0.15, -0.1) is 0 Å². The van der Waals surface area contributed by atoms with Gasteiger partial charge in [0, 0.05) is 5.56 Å². The molecule has 0 aliphatic heterocycles. The highest BCUT2D eigenvalue weighted by molar-refractivity contribution is 7.92. The lowest BCUT2D eigenvalue weighted by atomic mass is 10.1. The number of hydrogen-bond acceptors (Lipinski definition) is 5. The number of para-hydroxylation sites is 1. The zero-order chi connectivity index (χ0) is 23.8. The molecular formula is C22H25F3NO5S-. The molecule has 0 unspecified atom stereocenters. The minimum absolute atomic E-state index is 0.191. The largest absolute Gasteiger partial charge is 0.545 e. The van der Waals surface area contributed by atoms with E-state index in [2.05, 4.69) is 11.6 Å². The van der Waals surface area contributed by atoms with Gasteiger partial charge in [-0.3, -0.25) is 4.72 Å². The Bertz CT molecular complexity index is 1020. The number of carboxylic acid groups (broad SMARTS) is 1. The highest BCUT2D eigenvalue weighted by Crippen LogP contribution is 2.38. The molecule has 0 amide bonds. The van der Waals surface area contributed by atoms with Crippen LogP contribution in [0, 0.1) is 0 Å². The number of carboxylic acids is 1. The highest BCUT2D eigenvalue weighted by Gasteiger charge is 2.32. The normalized spacial score (nSPS) is 11.9. The van der Waals surface area contributed by atoms with E-state index in [1.165, 1.54) is 24.3 Å². The van der Waals surface area contributed by atoms with Crippen molar-refractivity contribution in [1.82, 2.24) is 0 Å². The van der Waals surface area contributed by atoms with Crippen molar-refractivity contribution >= 4 is 21.7 Å². The van der Waals surface area contributed by atoms with E-state index >= 15 is 0 Å². The number of halogens is 3. The summed E-state index contributed by atoms with van der Waals surface area (Å²) in [4.78, 5) is 11.3. The second kappa shape index (κ2) is 11.2. The van der Waals surface area contributed by atoms with E-state index in [9.17, 15) is 31.5 Å². The molecule has 0 heterocycles. The van der Waals surface area contributed by atoms with Crippen molar-refractivity contribution in [2.45, 2.75) is 51.6 Å². The van der Waals surface area contributed by atoms with E-state index in [0.29, 0.717) is 18.9 Å². The topological polar surface area (TPSA) is 95.5 Å². The second-order valence-corrected chi connectivity index (χ2v) is 9.12. The predicted octanol–water partition coefficient (Wildman–Crippen LogP) is 4.96. The first-order valence-corrected chi connectivity index (χ1v) is 11.9. The molecule has 6 nitrogen and oxygen atoms in total. The molecule has 2 aromatic rings. The molecule has 176 valence electrons. The molecule has 2 aromatic carbocycles. The third kappa shape index (κ3) is 7.74. The van der Waals surface area contributed by atoms with Gasteiger partial charge in [0.2, 0.25) is 10.0 Å². The number of rotatable bonds is 12. The second-order valence-electron chi connectivity index (χ2n) is 7.28. The van der Waals surface area contributed by atoms with Crippen LogP contribution in [-0.2, 0) is 16.2 Å². The average molecular weight is 473 g/mol. The summed E-state index contributed by atoms with van der Waals surface area (Å²) in [6.07, 6.45) is 0.325. The van der Waals surface area contributed by atoms with Gasteiger partial charge in [-0.05, 0) is 36.8 Å². The van der Waals surface area contributed by atoms with E-state index < -0.39 is 33.4 Å². The number of nitrogens with one attached hydrogen (secondary N) is 1. The summed E-state index contributed by atoms with van der Waals surface area (Å²) in [5.74, 6) is -2.26. The molecule has 0 atom stereocenters. The first kappa shape index (κ1) is 25.5. The van der Waals surface area contributed by atoms with Crippen LogP contribution in [0.1, 0.15) is 61.4 Å².